The highest BCUT2D eigenvalue weighted by Gasteiger charge is 2.16. The van der Waals surface area contributed by atoms with Gasteiger partial charge in [-0.3, -0.25) is 4.57 Å². The minimum Gasteiger partial charge on any atom is -0.497 e. The van der Waals surface area contributed by atoms with E-state index < -0.39 is 0 Å². The van der Waals surface area contributed by atoms with E-state index in [1.54, 1.807) is 30.2 Å². The van der Waals surface area contributed by atoms with Crippen molar-refractivity contribution in [1.29, 1.82) is 0 Å². The van der Waals surface area contributed by atoms with Gasteiger partial charge in [-0.2, -0.15) is 0 Å². The normalized spacial score (nSPS) is 10.9. The molecule has 142 valence electrons. The van der Waals surface area contributed by atoms with Crippen LogP contribution in [0.4, 0.5) is 0 Å². The smallest absolute Gasteiger partial charge is 0.196 e. The fourth-order valence-corrected chi connectivity index (χ4v) is 4.51. The lowest BCUT2D eigenvalue weighted by atomic mass is 10.2. The maximum absolute atomic E-state index is 5.27. The molecule has 0 saturated carbocycles. The fourth-order valence-electron chi connectivity index (χ4n) is 2.82. The van der Waals surface area contributed by atoms with Crippen LogP contribution in [-0.4, -0.2) is 26.9 Å². The Labute approximate surface area is 172 Å². The molecule has 5 nitrogen and oxygen atoms in total. The van der Waals surface area contributed by atoms with Crippen LogP contribution in [0, 0.1) is 0 Å². The third-order valence-corrected chi connectivity index (χ3v) is 6.25. The Kier molecular flexibility index (Phi) is 5.73. The topological polar surface area (TPSA) is 52.8 Å². The van der Waals surface area contributed by atoms with Crippen LogP contribution in [0.2, 0.25) is 0 Å². The van der Waals surface area contributed by atoms with Gasteiger partial charge in [0.05, 0.1) is 17.8 Å². The van der Waals surface area contributed by atoms with Crippen LogP contribution in [0.1, 0.15) is 17.6 Å². The number of rotatable bonds is 7. The van der Waals surface area contributed by atoms with Crippen molar-refractivity contribution in [2.24, 2.45) is 0 Å². The summed E-state index contributed by atoms with van der Waals surface area (Å²) in [6.45, 7) is 2.13. The zero-order chi connectivity index (χ0) is 19.3. The number of benzene rings is 2. The van der Waals surface area contributed by atoms with Crippen molar-refractivity contribution in [3.05, 3.63) is 70.7 Å². The number of thiazole rings is 1. The van der Waals surface area contributed by atoms with Gasteiger partial charge in [-0.25, -0.2) is 4.98 Å². The molecule has 0 aliphatic rings. The number of methoxy groups -OCH3 is 1. The molecule has 0 aliphatic heterocycles. The molecular weight excluding hydrogens is 388 g/mol. The Hall–Kier alpha value is -2.64. The summed E-state index contributed by atoms with van der Waals surface area (Å²) in [7, 11) is 1.67. The summed E-state index contributed by atoms with van der Waals surface area (Å²) in [5.41, 5.74) is 3.11. The monoisotopic (exact) mass is 408 g/mol. The molecule has 2 aromatic heterocycles. The molecule has 0 atom stereocenters. The second kappa shape index (κ2) is 8.58. The van der Waals surface area contributed by atoms with Crippen LogP contribution in [0.25, 0.3) is 17.1 Å². The first-order chi connectivity index (χ1) is 13.8. The number of nitrogens with zero attached hydrogens (tertiary/aromatic N) is 4. The second-order valence-corrected chi connectivity index (χ2v) is 7.97. The lowest BCUT2D eigenvalue weighted by Gasteiger charge is -2.10. The second-order valence-electron chi connectivity index (χ2n) is 6.08. The van der Waals surface area contributed by atoms with Crippen LogP contribution in [0.5, 0.6) is 5.75 Å². The molecule has 28 heavy (non-hydrogen) atoms. The largest absolute Gasteiger partial charge is 0.497 e. The van der Waals surface area contributed by atoms with E-state index in [-0.39, 0.29) is 0 Å². The van der Waals surface area contributed by atoms with Gasteiger partial charge in [-0.15, -0.1) is 21.5 Å². The zero-order valence-corrected chi connectivity index (χ0v) is 17.3. The molecule has 0 radical (unpaired) electrons. The molecule has 0 bridgehead atoms. The predicted molar refractivity (Wildman–Crippen MR) is 114 cm³/mol. The third kappa shape index (κ3) is 3.95. The van der Waals surface area contributed by atoms with E-state index in [1.807, 2.05) is 42.5 Å². The van der Waals surface area contributed by atoms with E-state index in [2.05, 4.69) is 44.2 Å². The molecule has 0 amide bonds. The van der Waals surface area contributed by atoms with Crippen molar-refractivity contribution in [3.8, 4) is 22.8 Å². The summed E-state index contributed by atoms with van der Waals surface area (Å²) in [6.07, 6.45) is 0.969. The number of para-hydroxylation sites is 1. The quantitative estimate of drug-likeness (QED) is 0.391. The molecule has 2 heterocycles. The van der Waals surface area contributed by atoms with E-state index >= 15 is 0 Å². The van der Waals surface area contributed by atoms with Gasteiger partial charge in [0, 0.05) is 22.4 Å². The molecule has 0 N–H and O–H groups in total. The first-order valence-electron chi connectivity index (χ1n) is 9.00. The average molecular weight is 409 g/mol. The lowest BCUT2D eigenvalue weighted by molar-refractivity contribution is 0.415. The van der Waals surface area contributed by atoms with Crippen molar-refractivity contribution in [3.63, 3.8) is 0 Å². The molecule has 7 heteroatoms. The van der Waals surface area contributed by atoms with Crippen LogP contribution >= 0.6 is 23.1 Å². The summed E-state index contributed by atoms with van der Waals surface area (Å²) >= 11 is 3.36. The van der Waals surface area contributed by atoms with Gasteiger partial charge in [-0.05, 0) is 42.8 Å². The van der Waals surface area contributed by atoms with Crippen molar-refractivity contribution in [2.45, 2.75) is 24.3 Å². The third-order valence-electron chi connectivity index (χ3n) is 4.25. The zero-order valence-electron chi connectivity index (χ0n) is 15.7. The first kappa shape index (κ1) is 18.7. The Balaban J connectivity index is 1.68. The highest BCUT2D eigenvalue weighted by atomic mass is 32.2. The summed E-state index contributed by atoms with van der Waals surface area (Å²) in [5, 5.41) is 13.1. The van der Waals surface area contributed by atoms with Gasteiger partial charge in [0.15, 0.2) is 11.0 Å². The number of ether oxygens (including phenoxy) is 1. The van der Waals surface area contributed by atoms with E-state index in [1.165, 1.54) is 5.01 Å². The Morgan fingerprint density at radius 1 is 1.04 bits per heavy atom. The van der Waals surface area contributed by atoms with Crippen LogP contribution < -0.4 is 4.74 Å². The van der Waals surface area contributed by atoms with Crippen molar-refractivity contribution in [2.75, 3.05) is 7.11 Å². The molecule has 2 aromatic carbocycles. The van der Waals surface area contributed by atoms with Crippen LogP contribution in [-0.2, 0) is 12.2 Å². The standard InChI is InChI=1S/C21H20N4OS2/c1-3-19-22-16(13-27-19)14-28-21-24-23-20(15-9-11-18(26-2)12-10-15)25(21)17-7-5-4-6-8-17/h4-13H,3,14H2,1-2H3. The summed E-state index contributed by atoms with van der Waals surface area (Å²) < 4.78 is 7.37. The number of thioether (sulfide) groups is 1. The minimum absolute atomic E-state index is 0.768. The van der Waals surface area contributed by atoms with Crippen molar-refractivity contribution < 1.29 is 4.74 Å². The van der Waals surface area contributed by atoms with Gasteiger partial charge >= 0.3 is 0 Å². The SMILES string of the molecule is CCc1nc(CSc2nnc(-c3ccc(OC)cc3)n2-c2ccccc2)cs1. The van der Waals surface area contributed by atoms with Crippen molar-refractivity contribution in [1.82, 2.24) is 19.7 Å². The molecule has 0 unspecified atom stereocenters. The van der Waals surface area contributed by atoms with Crippen LogP contribution in [0.15, 0.2) is 65.1 Å². The van der Waals surface area contributed by atoms with Gasteiger partial charge in [0.1, 0.15) is 5.75 Å². The summed E-state index contributed by atoms with van der Waals surface area (Å²) in [5.74, 6) is 2.40. The molecule has 0 spiro atoms. The van der Waals surface area contributed by atoms with Gasteiger partial charge in [0.2, 0.25) is 0 Å². The minimum atomic E-state index is 0.768. The maximum Gasteiger partial charge on any atom is 0.196 e. The summed E-state index contributed by atoms with van der Waals surface area (Å²) in [4.78, 5) is 4.66. The molecule has 0 aliphatic carbocycles. The van der Waals surface area contributed by atoms with E-state index in [0.29, 0.717) is 0 Å². The number of aromatic nitrogens is 4. The fraction of sp³-hybridized carbons (Fsp3) is 0.190. The highest BCUT2D eigenvalue weighted by Crippen LogP contribution is 2.30. The van der Waals surface area contributed by atoms with Gasteiger partial charge < -0.3 is 4.74 Å². The van der Waals surface area contributed by atoms with Crippen molar-refractivity contribution >= 4 is 23.1 Å². The number of hydrogen-bond donors (Lipinski definition) is 0. The highest BCUT2D eigenvalue weighted by molar-refractivity contribution is 7.98. The van der Waals surface area contributed by atoms with Gasteiger partial charge in [0.25, 0.3) is 0 Å². The maximum atomic E-state index is 5.27. The Morgan fingerprint density at radius 2 is 1.82 bits per heavy atom. The molecule has 0 saturated heterocycles. The Morgan fingerprint density at radius 3 is 2.50 bits per heavy atom. The predicted octanol–water partition coefficient (Wildman–Crippen LogP) is 5.25. The molecular formula is C21H20N4OS2. The first-order valence-corrected chi connectivity index (χ1v) is 10.9. The molecule has 0 fully saturated rings. The van der Waals surface area contributed by atoms with Crippen LogP contribution in [0.3, 0.4) is 0 Å². The molecule has 4 aromatic rings. The Bertz CT molecular complexity index is 1040. The summed E-state index contributed by atoms with van der Waals surface area (Å²) in [6, 6.07) is 18.1. The number of hydrogen-bond acceptors (Lipinski definition) is 6. The van der Waals surface area contributed by atoms with Gasteiger partial charge in [-0.1, -0.05) is 36.9 Å². The van der Waals surface area contributed by atoms with E-state index in [4.69, 9.17) is 4.74 Å². The average Bonchev–Trinajstić information content (AvgIpc) is 3.39. The number of aryl methyl sites for hydroxylation is 1. The van der Waals surface area contributed by atoms with E-state index in [9.17, 15) is 0 Å². The lowest BCUT2D eigenvalue weighted by Crippen LogP contribution is -1.99. The molecule has 4 rings (SSSR count). The van der Waals surface area contributed by atoms with E-state index in [0.717, 1.165) is 45.8 Å².